The van der Waals surface area contributed by atoms with E-state index in [2.05, 4.69) is 16.7 Å². The fourth-order valence-corrected chi connectivity index (χ4v) is 3.79. The van der Waals surface area contributed by atoms with E-state index >= 15 is 0 Å². The molecule has 0 unspecified atom stereocenters. The average Bonchev–Trinajstić information content (AvgIpc) is 3.00. The first-order valence-electron chi connectivity index (χ1n) is 8.52. The summed E-state index contributed by atoms with van der Waals surface area (Å²) in [5.74, 6) is -1.37. The molecule has 0 aliphatic heterocycles. The molecule has 0 saturated carbocycles. The van der Waals surface area contributed by atoms with Crippen molar-refractivity contribution in [3.8, 4) is 0 Å². The molecule has 1 amide bonds. The van der Waals surface area contributed by atoms with Crippen molar-refractivity contribution in [1.29, 1.82) is 0 Å². The number of hydrogen-bond acceptors (Lipinski definition) is 4. The van der Waals surface area contributed by atoms with E-state index in [9.17, 15) is 14.0 Å². The largest absolute Gasteiger partial charge is 0.468 e. The zero-order valence-corrected chi connectivity index (χ0v) is 15.9. The van der Waals surface area contributed by atoms with Crippen molar-refractivity contribution in [2.24, 2.45) is 4.99 Å². The van der Waals surface area contributed by atoms with E-state index in [1.165, 1.54) is 23.3 Å². The van der Waals surface area contributed by atoms with Crippen LogP contribution in [0.15, 0.2) is 47.5 Å². The van der Waals surface area contributed by atoms with Gasteiger partial charge in [0, 0.05) is 0 Å². The number of esters is 1. The molecule has 0 fully saturated rings. The number of amides is 1. The van der Waals surface area contributed by atoms with Gasteiger partial charge in [-0.15, -0.1) is 0 Å². The molecule has 0 saturated heterocycles. The van der Waals surface area contributed by atoms with Gasteiger partial charge in [0.15, 0.2) is 4.80 Å². The van der Waals surface area contributed by atoms with E-state index in [1.54, 1.807) is 12.1 Å². The minimum Gasteiger partial charge on any atom is -0.468 e. The number of carbonyl (C=O) groups excluding carboxylic acids is 2. The number of para-hydroxylation sites is 1. The van der Waals surface area contributed by atoms with E-state index < -0.39 is 11.8 Å². The standard InChI is InChI=1S/C20H19FN2O3S/c1-3-13-7-9-14(10-8-13)11-17(24)22-20-23(12-18(25)26-2)19-15(21)5-4-6-16(19)27-20/h4-10H,3,11-12H2,1-2H3. The lowest BCUT2D eigenvalue weighted by atomic mass is 10.1. The van der Waals surface area contributed by atoms with Gasteiger partial charge in [0.2, 0.25) is 0 Å². The van der Waals surface area contributed by atoms with Crippen molar-refractivity contribution in [2.45, 2.75) is 26.3 Å². The summed E-state index contributed by atoms with van der Waals surface area (Å²) in [6.07, 6.45) is 1.07. The van der Waals surface area contributed by atoms with Crippen LogP contribution in [0.5, 0.6) is 0 Å². The molecular formula is C20H19FN2O3S. The van der Waals surface area contributed by atoms with Crippen LogP contribution in [0.25, 0.3) is 10.2 Å². The highest BCUT2D eigenvalue weighted by atomic mass is 32.1. The highest BCUT2D eigenvalue weighted by Gasteiger charge is 2.15. The third-order valence-electron chi connectivity index (χ3n) is 4.17. The third kappa shape index (κ3) is 4.31. The Kier molecular flexibility index (Phi) is 5.81. The predicted molar refractivity (Wildman–Crippen MR) is 102 cm³/mol. The quantitative estimate of drug-likeness (QED) is 0.633. The lowest BCUT2D eigenvalue weighted by Crippen LogP contribution is -2.23. The molecule has 0 aliphatic rings. The molecule has 0 N–H and O–H groups in total. The Bertz CT molecular complexity index is 1050. The summed E-state index contributed by atoms with van der Waals surface area (Å²) < 4.78 is 21.0. The summed E-state index contributed by atoms with van der Waals surface area (Å²) in [6, 6.07) is 12.4. The normalized spacial score (nSPS) is 11.7. The molecule has 0 bridgehead atoms. The number of aromatic nitrogens is 1. The number of nitrogens with zero attached hydrogens (tertiary/aromatic N) is 2. The highest BCUT2D eigenvalue weighted by molar-refractivity contribution is 7.16. The number of ether oxygens (including phenoxy) is 1. The zero-order valence-electron chi connectivity index (χ0n) is 15.1. The number of rotatable bonds is 5. The van der Waals surface area contributed by atoms with Crippen LogP contribution < -0.4 is 4.80 Å². The summed E-state index contributed by atoms with van der Waals surface area (Å²) >= 11 is 1.16. The van der Waals surface area contributed by atoms with Crippen molar-refractivity contribution < 1.29 is 18.7 Å². The second-order valence-electron chi connectivity index (χ2n) is 5.99. The molecule has 140 valence electrons. The number of halogens is 1. The lowest BCUT2D eigenvalue weighted by molar-refractivity contribution is -0.141. The minimum absolute atomic E-state index is 0.138. The van der Waals surface area contributed by atoms with Crippen LogP contribution in [0.2, 0.25) is 0 Å². The number of fused-ring (bicyclic) bond motifs is 1. The van der Waals surface area contributed by atoms with Crippen molar-refractivity contribution in [3.05, 3.63) is 64.2 Å². The molecule has 3 rings (SSSR count). The molecule has 0 atom stereocenters. The Labute approximate surface area is 159 Å². The first-order valence-corrected chi connectivity index (χ1v) is 9.33. The van der Waals surface area contributed by atoms with Crippen LogP contribution >= 0.6 is 11.3 Å². The van der Waals surface area contributed by atoms with Gasteiger partial charge in [0.1, 0.15) is 12.4 Å². The second-order valence-corrected chi connectivity index (χ2v) is 6.99. The first-order chi connectivity index (χ1) is 13.0. The summed E-state index contributed by atoms with van der Waals surface area (Å²) in [5, 5.41) is 0. The maximum Gasteiger partial charge on any atom is 0.325 e. The van der Waals surface area contributed by atoms with Crippen LogP contribution in [0, 0.1) is 5.82 Å². The van der Waals surface area contributed by atoms with Crippen LogP contribution in [0.1, 0.15) is 18.1 Å². The Balaban J connectivity index is 1.98. The maximum atomic E-state index is 14.3. The van der Waals surface area contributed by atoms with Gasteiger partial charge in [-0.3, -0.25) is 9.59 Å². The van der Waals surface area contributed by atoms with Crippen LogP contribution in [-0.2, 0) is 33.7 Å². The number of thiazole rings is 1. The summed E-state index contributed by atoms with van der Waals surface area (Å²) in [4.78, 5) is 28.6. The van der Waals surface area contributed by atoms with E-state index in [1.807, 2.05) is 24.3 Å². The number of hydrogen-bond donors (Lipinski definition) is 0. The number of benzene rings is 2. The topological polar surface area (TPSA) is 60.7 Å². The van der Waals surface area contributed by atoms with Crippen molar-refractivity contribution >= 4 is 33.4 Å². The molecule has 7 heteroatoms. The Hall–Kier alpha value is -2.80. The van der Waals surface area contributed by atoms with Crippen LogP contribution in [0.3, 0.4) is 0 Å². The van der Waals surface area contributed by atoms with Crippen LogP contribution in [-0.4, -0.2) is 23.6 Å². The average molecular weight is 386 g/mol. The summed E-state index contributed by atoms with van der Waals surface area (Å²) in [5.41, 5.74) is 2.29. The Morgan fingerprint density at radius 1 is 1.15 bits per heavy atom. The van der Waals surface area contributed by atoms with Crippen molar-refractivity contribution in [3.63, 3.8) is 0 Å². The van der Waals surface area contributed by atoms with E-state index in [0.717, 1.165) is 23.3 Å². The first kappa shape index (κ1) is 19.0. The third-order valence-corrected chi connectivity index (χ3v) is 5.22. The Morgan fingerprint density at radius 3 is 2.52 bits per heavy atom. The number of carbonyl (C=O) groups is 2. The Morgan fingerprint density at radius 2 is 1.85 bits per heavy atom. The van der Waals surface area contributed by atoms with Gasteiger partial charge in [0.05, 0.1) is 23.7 Å². The van der Waals surface area contributed by atoms with Crippen molar-refractivity contribution in [1.82, 2.24) is 4.57 Å². The van der Waals surface area contributed by atoms with Gasteiger partial charge >= 0.3 is 5.97 Å². The molecule has 27 heavy (non-hydrogen) atoms. The van der Waals surface area contributed by atoms with E-state index in [-0.39, 0.29) is 29.2 Å². The molecule has 2 aromatic carbocycles. The molecule has 0 radical (unpaired) electrons. The molecule has 1 aromatic heterocycles. The second kappa shape index (κ2) is 8.26. The number of methoxy groups -OCH3 is 1. The maximum absolute atomic E-state index is 14.3. The van der Waals surface area contributed by atoms with E-state index in [0.29, 0.717) is 4.70 Å². The smallest absolute Gasteiger partial charge is 0.325 e. The van der Waals surface area contributed by atoms with Gasteiger partial charge in [-0.2, -0.15) is 4.99 Å². The van der Waals surface area contributed by atoms with Gasteiger partial charge in [-0.05, 0) is 29.7 Å². The lowest BCUT2D eigenvalue weighted by Gasteiger charge is -2.04. The molecule has 3 aromatic rings. The fraction of sp³-hybridized carbons (Fsp3) is 0.250. The number of aryl methyl sites for hydroxylation is 1. The predicted octanol–water partition coefficient (Wildman–Crippen LogP) is 3.25. The molecule has 0 spiro atoms. The minimum atomic E-state index is -0.540. The van der Waals surface area contributed by atoms with Gasteiger partial charge < -0.3 is 9.30 Å². The molecular weight excluding hydrogens is 367 g/mol. The van der Waals surface area contributed by atoms with E-state index in [4.69, 9.17) is 0 Å². The van der Waals surface area contributed by atoms with Crippen LogP contribution in [0.4, 0.5) is 4.39 Å². The summed E-state index contributed by atoms with van der Waals surface area (Å²) in [7, 11) is 1.26. The fourth-order valence-electron chi connectivity index (χ4n) is 2.73. The monoisotopic (exact) mass is 386 g/mol. The van der Waals surface area contributed by atoms with Gasteiger partial charge in [-0.1, -0.05) is 48.6 Å². The van der Waals surface area contributed by atoms with Gasteiger partial charge in [0.25, 0.3) is 5.91 Å². The summed E-state index contributed by atoms with van der Waals surface area (Å²) in [6.45, 7) is 1.85. The zero-order chi connectivity index (χ0) is 19.4. The van der Waals surface area contributed by atoms with Gasteiger partial charge in [-0.25, -0.2) is 4.39 Å². The SMILES string of the molecule is CCc1ccc(CC(=O)N=c2sc3cccc(F)c3n2CC(=O)OC)cc1. The molecule has 5 nitrogen and oxygen atoms in total. The van der Waals surface area contributed by atoms with Crippen molar-refractivity contribution in [2.75, 3.05) is 7.11 Å². The molecule has 0 aliphatic carbocycles. The molecule has 1 heterocycles. The highest BCUT2D eigenvalue weighted by Crippen LogP contribution is 2.20.